The van der Waals surface area contributed by atoms with Crippen molar-refractivity contribution < 1.29 is 9.59 Å². The number of nitrogens with zero attached hydrogens (tertiary/aromatic N) is 2. The van der Waals surface area contributed by atoms with E-state index in [1.807, 2.05) is 4.90 Å². The number of aromatic nitrogens is 1. The number of likely N-dealkylation sites (tertiary alicyclic amines) is 1. The van der Waals surface area contributed by atoms with Gasteiger partial charge in [0.2, 0.25) is 11.8 Å². The molecule has 0 aliphatic carbocycles. The molecule has 0 spiro atoms. The molecule has 0 radical (unpaired) electrons. The number of thiazole rings is 1. The van der Waals surface area contributed by atoms with Gasteiger partial charge in [-0.3, -0.25) is 9.59 Å². The van der Waals surface area contributed by atoms with Crippen LogP contribution < -0.4 is 5.32 Å². The Bertz CT molecular complexity index is 543. The molecule has 0 aromatic carbocycles. The molecule has 3 heterocycles. The number of aryl methyl sites for hydroxylation is 1. The number of rotatable bonds is 3. The zero-order valence-electron chi connectivity index (χ0n) is 12.3. The van der Waals surface area contributed by atoms with Crippen LogP contribution in [0.2, 0.25) is 0 Å². The monoisotopic (exact) mass is 307 g/mol. The van der Waals surface area contributed by atoms with Crippen LogP contribution in [0.5, 0.6) is 0 Å². The number of piperidine rings is 1. The number of carbonyl (C=O) groups excluding carboxylic acids is 2. The molecule has 2 amide bonds. The van der Waals surface area contributed by atoms with Crippen molar-refractivity contribution >= 4 is 23.2 Å². The van der Waals surface area contributed by atoms with Gasteiger partial charge in [0, 0.05) is 30.8 Å². The van der Waals surface area contributed by atoms with Gasteiger partial charge in [0.15, 0.2) is 0 Å². The van der Waals surface area contributed by atoms with E-state index in [2.05, 4.69) is 22.6 Å². The van der Waals surface area contributed by atoms with Gasteiger partial charge in [-0.15, -0.1) is 11.3 Å². The highest BCUT2D eigenvalue weighted by molar-refractivity contribution is 7.09. The Kier molecular flexibility index (Phi) is 4.24. The van der Waals surface area contributed by atoms with E-state index in [1.165, 1.54) is 0 Å². The molecule has 3 rings (SSSR count). The molecule has 5 nitrogen and oxygen atoms in total. The van der Waals surface area contributed by atoms with Crippen molar-refractivity contribution in [3.05, 3.63) is 16.1 Å². The summed E-state index contributed by atoms with van der Waals surface area (Å²) in [5, 5.41) is 6.05. The largest absolute Gasteiger partial charge is 0.344 e. The Hall–Kier alpha value is -1.43. The third kappa shape index (κ3) is 3.10. The molecule has 1 N–H and O–H groups in total. The second-order valence-corrected chi connectivity index (χ2v) is 6.70. The predicted molar refractivity (Wildman–Crippen MR) is 81.2 cm³/mol. The van der Waals surface area contributed by atoms with Crippen LogP contribution in [-0.2, 0) is 16.0 Å². The van der Waals surface area contributed by atoms with Crippen molar-refractivity contribution in [1.29, 1.82) is 0 Å². The van der Waals surface area contributed by atoms with Crippen LogP contribution in [0.3, 0.4) is 0 Å². The highest BCUT2D eigenvalue weighted by Crippen LogP contribution is 2.30. The Morgan fingerprint density at radius 1 is 1.52 bits per heavy atom. The van der Waals surface area contributed by atoms with Crippen LogP contribution in [0.4, 0.5) is 0 Å². The molecule has 1 aromatic heterocycles. The van der Waals surface area contributed by atoms with Crippen LogP contribution in [0.15, 0.2) is 5.38 Å². The summed E-state index contributed by atoms with van der Waals surface area (Å²) in [4.78, 5) is 30.3. The second kappa shape index (κ2) is 6.13. The van der Waals surface area contributed by atoms with Crippen LogP contribution in [0, 0.1) is 0 Å². The summed E-state index contributed by atoms with van der Waals surface area (Å²) in [5.41, 5.74) is 1.14. The maximum absolute atomic E-state index is 12.5. The summed E-state index contributed by atoms with van der Waals surface area (Å²) in [6.45, 7) is 3.65. The molecular formula is C15H21N3O2S. The van der Waals surface area contributed by atoms with Gasteiger partial charge in [0.05, 0.1) is 10.7 Å². The number of nitrogens with one attached hydrogen (secondary N) is 1. The summed E-state index contributed by atoms with van der Waals surface area (Å²) in [6, 6.07) is -0.307. The molecule has 21 heavy (non-hydrogen) atoms. The molecule has 2 aliphatic heterocycles. The summed E-state index contributed by atoms with van der Waals surface area (Å²) in [7, 11) is 0. The van der Waals surface area contributed by atoms with Crippen molar-refractivity contribution in [3.63, 3.8) is 0 Å². The predicted octanol–water partition coefficient (Wildman–Crippen LogP) is 1.69. The lowest BCUT2D eigenvalue weighted by Crippen LogP contribution is -2.48. The summed E-state index contributed by atoms with van der Waals surface area (Å²) >= 11 is 1.71. The Labute approximate surface area is 128 Å². The van der Waals surface area contributed by atoms with Gasteiger partial charge in [-0.2, -0.15) is 0 Å². The van der Waals surface area contributed by atoms with Gasteiger partial charge < -0.3 is 10.2 Å². The average Bonchev–Trinajstić information content (AvgIpc) is 3.15. The molecule has 114 valence electrons. The van der Waals surface area contributed by atoms with E-state index in [-0.39, 0.29) is 17.9 Å². The Morgan fingerprint density at radius 2 is 2.38 bits per heavy atom. The maximum Gasteiger partial charge on any atom is 0.245 e. The molecule has 0 saturated carbocycles. The SMILES string of the molecule is CCc1csc([C@H]2CCCN(C(=O)[C@H]3CCC(=O)N3)C2)n1. The van der Waals surface area contributed by atoms with E-state index in [9.17, 15) is 9.59 Å². The number of amides is 2. The minimum Gasteiger partial charge on any atom is -0.344 e. The van der Waals surface area contributed by atoms with Gasteiger partial charge in [0.1, 0.15) is 6.04 Å². The van der Waals surface area contributed by atoms with Gasteiger partial charge in [-0.25, -0.2) is 4.98 Å². The van der Waals surface area contributed by atoms with Gasteiger partial charge in [0.25, 0.3) is 0 Å². The highest BCUT2D eigenvalue weighted by Gasteiger charge is 2.34. The van der Waals surface area contributed by atoms with E-state index in [0.29, 0.717) is 18.8 Å². The molecule has 0 bridgehead atoms. The summed E-state index contributed by atoms with van der Waals surface area (Å²) in [6.07, 6.45) is 4.17. The lowest BCUT2D eigenvalue weighted by Gasteiger charge is -2.33. The fourth-order valence-corrected chi connectivity index (χ4v) is 4.10. The zero-order chi connectivity index (χ0) is 14.8. The first kappa shape index (κ1) is 14.5. The molecule has 1 aromatic rings. The number of carbonyl (C=O) groups is 2. The van der Waals surface area contributed by atoms with Crippen LogP contribution in [0.1, 0.15) is 49.2 Å². The lowest BCUT2D eigenvalue weighted by molar-refractivity contribution is -0.135. The normalized spacial score (nSPS) is 26.0. The van der Waals surface area contributed by atoms with E-state index in [4.69, 9.17) is 0 Å². The van der Waals surface area contributed by atoms with E-state index < -0.39 is 0 Å². The topological polar surface area (TPSA) is 62.3 Å². The molecule has 2 saturated heterocycles. The van der Waals surface area contributed by atoms with Crippen molar-refractivity contribution in [2.75, 3.05) is 13.1 Å². The number of hydrogen-bond donors (Lipinski definition) is 1. The van der Waals surface area contributed by atoms with Crippen LogP contribution in [-0.4, -0.2) is 40.8 Å². The molecule has 2 atom stereocenters. The Morgan fingerprint density at radius 3 is 3.05 bits per heavy atom. The molecule has 2 aliphatic rings. The van der Waals surface area contributed by atoms with E-state index >= 15 is 0 Å². The zero-order valence-corrected chi connectivity index (χ0v) is 13.1. The second-order valence-electron chi connectivity index (χ2n) is 5.81. The molecule has 0 unspecified atom stereocenters. The first-order chi connectivity index (χ1) is 10.2. The summed E-state index contributed by atoms with van der Waals surface area (Å²) < 4.78 is 0. The molecule has 2 fully saturated rings. The summed E-state index contributed by atoms with van der Waals surface area (Å²) in [5.74, 6) is 0.428. The van der Waals surface area contributed by atoms with Crippen LogP contribution >= 0.6 is 11.3 Å². The number of hydrogen-bond acceptors (Lipinski definition) is 4. The van der Waals surface area contributed by atoms with Gasteiger partial charge in [-0.05, 0) is 25.7 Å². The third-order valence-corrected chi connectivity index (χ3v) is 5.36. The fourth-order valence-electron chi connectivity index (χ4n) is 3.07. The first-order valence-corrected chi connectivity index (χ1v) is 8.57. The fraction of sp³-hybridized carbons (Fsp3) is 0.667. The highest BCUT2D eigenvalue weighted by atomic mass is 32.1. The molecular weight excluding hydrogens is 286 g/mol. The molecule has 6 heteroatoms. The quantitative estimate of drug-likeness (QED) is 0.924. The van der Waals surface area contributed by atoms with Crippen molar-refractivity contribution in [2.45, 2.75) is 51.0 Å². The smallest absolute Gasteiger partial charge is 0.245 e. The van der Waals surface area contributed by atoms with E-state index in [0.717, 1.165) is 43.1 Å². The van der Waals surface area contributed by atoms with Crippen molar-refractivity contribution in [1.82, 2.24) is 15.2 Å². The first-order valence-electron chi connectivity index (χ1n) is 7.70. The van der Waals surface area contributed by atoms with Crippen molar-refractivity contribution in [3.8, 4) is 0 Å². The van der Waals surface area contributed by atoms with Gasteiger partial charge >= 0.3 is 0 Å². The third-order valence-electron chi connectivity index (χ3n) is 4.31. The minimum absolute atomic E-state index is 0.00517. The van der Waals surface area contributed by atoms with Gasteiger partial charge in [-0.1, -0.05) is 6.92 Å². The minimum atomic E-state index is -0.307. The van der Waals surface area contributed by atoms with Crippen molar-refractivity contribution in [2.24, 2.45) is 0 Å². The lowest BCUT2D eigenvalue weighted by atomic mass is 9.98. The maximum atomic E-state index is 12.5. The standard InChI is InChI=1S/C15H21N3O2S/c1-2-11-9-21-14(16-11)10-4-3-7-18(8-10)15(20)12-5-6-13(19)17-12/h9-10,12H,2-8H2,1H3,(H,17,19)/t10-,12+/m0/s1. The average molecular weight is 307 g/mol. The van der Waals surface area contributed by atoms with Crippen LogP contribution in [0.25, 0.3) is 0 Å². The Balaban J connectivity index is 1.65. The van der Waals surface area contributed by atoms with E-state index in [1.54, 1.807) is 11.3 Å².